The number of pyridine rings is 1. The van der Waals surface area contributed by atoms with Crippen molar-refractivity contribution in [2.75, 3.05) is 5.32 Å². The molecule has 2 aromatic heterocycles. The fourth-order valence-electron chi connectivity index (χ4n) is 5.45. The highest BCUT2D eigenvalue weighted by atomic mass is 35.5. The highest BCUT2D eigenvalue weighted by Gasteiger charge is 2.49. The van der Waals surface area contributed by atoms with Gasteiger partial charge < -0.3 is 10.6 Å². The van der Waals surface area contributed by atoms with Crippen LogP contribution in [0.3, 0.4) is 0 Å². The molecule has 5 rings (SSSR count). The average Bonchev–Trinajstić information content (AvgIpc) is 3.32. The van der Waals surface area contributed by atoms with Crippen LogP contribution >= 0.6 is 11.6 Å². The summed E-state index contributed by atoms with van der Waals surface area (Å²) in [6.07, 6.45) is 7.17. The maximum atomic E-state index is 12.8. The number of halogens is 1. The van der Waals surface area contributed by atoms with E-state index >= 15 is 0 Å². The number of carbonyl (C=O) groups is 3. The van der Waals surface area contributed by atoms with Crippen LogP contribution in [0.15, 0.2) is 18.5 Å². The fourth-order valence-corrected chi connectivity index (χ4v) is 5.66. The number of amides is 4. The molecule has 2 fully saturated rings. The number of fused-ring (bicyclic) bond motifs is 1. The third kappa shape index (κ3) is 4.10. The standard InChI is InChI=1S/C23H27ClN6O3/c1-22(2)9-17-15(10-26-30(17)12-22)14-7-18(25-11-16(14)24)27-19(31)6-13-4-3-5-23(8-13)20(32)28-21(33)29-23/h7,10-11,13H,3-6,8-9,12H2,1-2H3,(H,25,27,31)(H2,28,29,32,33). The Balaban J connectivity index is 1.29. The van der Waals surface area contributed by atoms with E-state index in [1.807, 2.05) is 10.9 Å². The molecular formula is C23H27ClN6O3. The van der Waals surface area contributed by atoms with E-state index in [1.165, 1.54) is 0 Å². The summed E-state index contributed by atoms with van der Waals surface area (Å²) in [7, 11) is 0. The SMILES string of the molecule is CC1(C)Cc2c(-c3cc(NC(=O)CC4CCCC5(C4)NC(=O)NC5=O)ncc3Cl)cnn2C1. The van der Waals surface area contributed by atoms with Crippen LogP contribution in [0.1, 0.15) is 51.6 Å². The van der Waals surface area contributed by atoms with E-state index < -0.39 is 11.6 Å². The van der Waals surface area contributed by atoms with Crippen LogP contribution in [0, 0.1) is 11.3 Å². The summed E-state index contributed by atoms with van der Waals surface area (Å²) in [4.78, 5) is 41.0. The van der Waals surface area contributed by atoms with Gasteiger partial charge in [-0.25, -0.2) is 9.78 Å². The molecule has 4 amide bonds. The summed E-state index contributed by atoms with van der Waals surface area (Å²) in [5.74, 6) is -0.0488. The van der Waals surface area contributed by atoms with Crippen molar-refractivity contribution in [1.82, 2.24) is 25.4 Å². The zero-order valence-electron chi connectivity index (χ0n) is 18.7. The van der Waals surface area contributed by atoms with Crippen molar-refractivity contribution in [3.8, 4) is 11.1 Å². The highest BCUT2D eigenvalue weighted by Crippen LogP contribution is 2.40. The smallest absolute Gasteiger partial charge is 0.322 e. The lowest BCUT2D eigenvalue weighted by Gasteiger charge is -2.35. The minimum Gasteiger partial charge on any atom is -0.323 e. The minimum atomic E-state index is -0.886. The predicted molar refractivity (Wildman–Crippen MR) is 123 cm³/mol. The number of hydrogen-bond acceptors (Lipinski definition) is 5. The van der Waals surface area contributed by atoms with Gasteiger partial charge in [0.25, 0.3) is 5.91 Å². The van der Waals surface area contributed by atoms with E-state index in [1.54, 1.807) is 12.3 Å². The van der Waals surface area contributed by atoms with Gasteiger partial charge in [0.2, 0.25) is 5.91 Å². The molecule has 0 radical (unpaired) electrons. The quantitative estimate of drug-likeness (QED) is 0.592. The Bertz CT molecular complexity index is 1160. The Labute approximate surface area is 196 Å². The molecule has 1 spiro atoms. The molecule has 3 N–H and O–H groups in total. The number of hydrogen-bond donors (Lipinski definition) is 3. The third-order valence-electron chi connectivity index (χ3n) is 6.93. The van der Waals surface area contributed by atoms with E-state index in [0.29, 0.717) is 23.7 Å². The zero-order valence-corrected chi connectivity index (χ0v) is 19.5. The van der Waals surface area contributed by atoms with Gasteiger partial charge in [-0.3, -0.25) is 19.6 Å². The molecule has 2 aliphatic heterocycles. The molecule has 1 saturated heterocycles. The first kappa shape index (κ1) is 21.9. The Kier molecular flexibility index (Phi) is 5.19. The summed E-state index contributed by atoms with van der Waals surface area (Å²) >= 11 is 6.46. The summed E-state index contributed by atoms with van der Waals surface area (Å²) in [5, 5.41) is 13.0. The number of imide groups is 1. The first-order valence-corrected chi connectivity index (χ1v) is 11.7. The summed E-state index contributed by atoms with van der Waals surface area (Å²) in [6.45, 7) is 5.28. The van der Waals surface area contributed by atoms with Gasteiger partial charge in [-0.1, -0.05) is 31.9 Å². The lowest BCUT2D eigenvalue weighted by Crippen LogP contribution is -2.50. The van der Waals surface area contributed by atoms with Gasteiger partial charge in [0.05, 0.1) is 11.2 Å². The van der Waals surface area contributed by atoms with Gasteiger partial charge in [-0.2, -0.15) is 5.10 Å². The van der Waals surface area contributed by atoms with E-state index in [4.69, 9.17) is 11.6 Å². The van der Waals surface area contributed by atoms with Crippen molar-refractivity contribution in [2.24, 2.45) is 11.3 Å². The van der Waals surface area contributed by atoms with Crippen molar-refractivity contribution >= 4 is 35.3 Å². The van der Waals surface area contributed by atoms with E-state index in [9.17, 15) is 14.4 Å². The maximum absolute atomic E-state index is 12.8. The second-order valence-electron chi connectivity index (χ2n) is 10.3. The number of rotatable bonds is 4. The van der Waals surface area contributed by atoms with Crippen molar-refractivity contribution in [3.63, 3.8) is 0 Å². The maximum Gasteiger partial charge on any atom is 0.322 e. The van der Waals surface area contributed by atoms with Crippen LogP contribution in [0.25, 0.3) is 11.1 Å². The molecule has 174 valence electrons. The number of nitrogens with one attached hydrogen (secondary N) is 3. The van der Waals surface area contributed by atoms with Crippen LogP contribution in [-0.2, 0) is 22.6 Å². The van der Waals surface area contributed by atoms with Crippen LogP contribution < -0.4 is 16.0 Å². The van der Waals surface area contributed by atoms with Gasteiger partial charge in [0, 0.05) is 36.0 Å². The van der Waals surface area contributed by atoms with E-state index in [-0.39, 0.29) is 29.6 Å². The Morgan fingerprint density at radius 1 is 1.30 bits per heavy atom. The fraction of sp³-hybridized carbons (Fsp3) is 0.522. The normalized spacial score (nSPS) is 25.6. The van der Waals surface area contributed by atoms with Crippen LogP contribution in [-0.4, -0.2) is 38.1 Å². The molecule has 3 aliphatic rings. The Morgan fingerprint density at radius 3 is 2.88 bits per heavy atom. The molecular weight excluding hydrogens is 444 g/mol. The van der Waals surface area contributed by atoms with Crippen LogP contribution in [0.2, 0.25) is 5.02 Å². The van der Waals surface area contributed by atoms with Crippen molar-refractivity contribution in [1.29, 1.82) is 0 Å². The van der Waals surface area contributed by atoms with Crippen molar-refractivity contribution < 1.29 is 14.4 Å². The second-order valence-corrected chi connectivity index (χ2v) is 10.7. The summed E-state index contributed by atoms with van der Waals surface area (Å²) < 4.78 is 2.02. The number of urea groups is 1. The average molecular weight is 471 g/mol. The summed E-state index contributed by atoms with van der Waals surface area (Å²) in [6, 6.07) is 1.33. The lowest BCUT2D eigenvalue weighted by atomic mass is 9.74. The molecule has 9 nitrogen and oxygen atoms in total. The van der Waals surface area contributed by atoms with Gasteiger partial charge >= 0.3 is 6.03 Å². The number of carbonyl (C=O) groups excluding carboxylic acids is 3. The van der Waals surface area contributed by atoms with Crippen molar-refractivity contribution in [2.45, 2.75) is 64.5 Å². The molecule has 1 aliphatic carbocycles. The number of aromatic nitrogens is 3. The van der Waals surface area contributed by atoms with Crippen LogP contribution in [0.4, 0.5) is 10.6 Å². The van der Waals surface area contributed by atoms with Crippen molar-refractivity contribution in [3.05, 3.63) is 29.2 Å². The minimum absolute atomic E-state index is 0.00385. The Morgan fingerprint density at radius 2 is 2.12 bits per heavy atom. The first-order valence-electron chi connectivity index (χ1n) is 11.3. The largest absolute Gasteiger partial charge is 0.323 e. The molecule has 1 saturated carbocycles. The molecule has 0 bridgehead atoms. The topological polar surface area (TPSA) is 118 Å². The highest BCUT2D eigenvalue weighted by molar-refractivity contribution is 6.33. The molecule has 4 heterocycles. The molecule has 2 unspecified atom stereocenters. The van der Waals surface area contributed by atoms with Crippen LogP contribution in [0.5, 0.6) is 0 Å². The van der Waals surface area contributed by atoms with Gasteiger partial charge in [0.15, 0.2) is 0 Å². The van der Waals surface area contributed by atoms with E-state index in [0.717, 1.165) is 42.6 Å². The second kappa shape index (κ2) is 7.83. The molecule has 0 aromatic carbocycles. The molecule has 10 heteroatoms. The van der Waals surface area contributed by atoms with E-state index in [2.05, 4.69) is 39.9 Å². The number of anilines is 1. The van der Waals surface area contributed by atoms with Gasteiger partial charge in [-0.05, 0) is 43.1 Å². The first-order chi connectivity index (χ1) is 15.6. The Hall–Kier alpha value is -2.94. The molecule has 33 heavy (non-hydrogen) atoms. The van der Waals surface area contributed by atoms with Gasteiger partial charge in [-0.15, -0.1) is 0 Å². The predicted octanol–water partition coefficient (Wildman–Crippen LogP) is 3.28. The number of nitrogens with zero attached hydrogens (tertiary/aromatic N) is 3. The third-order valence-corrected chi connectivity index (χ3v) is 7.23. The lowest BCUT2D eigenvalue weighted by molar-refractivity contribution is -0.126. The zero-order chi connectivity index (χ0) is 23.4. The van der Waals surface area contributed by atoms with Gasteiger partial charge in [0.1, 0.15) is 11.4 Å². The summed E-state index contributed by atoms with van der Waals surface area (Å²) in [5.41, 5.74) is 2.14. The molecule has 2 atom stereocenters. The monoisotopic (exact) mass is 470 g/mol. The molecule has 2 aromatic rings.